The van der Waals surface area contributed by atoms with Gasteiger partial charge in [-0.3, -0.25) is 4.79 Å². The molecule has 88 valence electrons. The molecule has 1 saturated heterocycles. The Kier molecular flexibility index (Phi) is 2.53. The number of piperidine rings is 1. The minimum Gasteiger partial charge on any atom is -0.371 e. The fourth-order valence-electron chi connectivity index (χ4n) is 4.06. The highest BCUT2D eigenvalue weighted by Gasteiger charge is 2.42. The lowest BCUT2D eigenvalue weighted by Gasteiger charge is -2.52. The SMILES string of the molecule is CC1CC2CC(=O)C=CN2C2CCCCC12. The van der Waals surface area contributed by atoms with E-state index in [0.717, 1.165) is 24.3 Å². The van der Waals surface area contributed by atoms with Gasteiger partial charge < -0.3 is 4.90 Å². The molecule has 0 aromatic heterocycles. The zero-order valence-electron chi connectivity index (χ0n) is 10.1. The Bertz CT molecular complexity index is 323. The van der Waals surface area contributed by atoms with Crippen molar-refractivity contribution in [2.24, 2.45) is 11.8 Å². The minimum absolute atomic E-state index is 0.322. The molecule has 16 heavy (non-hydrogen) atoms. The van der Waals surface area contributed by atoms with Gasteiger partial charge in [0.1, 0.15) is 0 Å². The average Bonchev–Trinajstić information content (AvgIpc) is 2.29. The topological polar surface area (TPSA) is 20.3 Å². The molecule has 2 aliphatic heterocycles. The van der Waals surface area contributed by atoms with Crippen LogP contribution in [0.3, 0.4) is 0 Å². The van der Waals surface area contributed by atoms with Gasteiger partial charge >= 0.3 is 0 Å². The molecule has 0 aromatic rings. The van der Waals surface area contributed by atoms with E-state index in [-0.39, 0.29) is 0 Å². The largest absolute Gasteiger partial charge is 0.371 e. The van der Waals surface area contributed by atoms with E-state index >= 15 is 0 Å². The van der Waals surface area contributed by atoms with Gasteiger partial charge in [0.2, 0.25) is 0 Å². The monoisotopic (exact) mass is 219 g/mol. The second kappa shape index (κ2) is 3.90. The number of ketones is 1. The molecule has 4 atom stereocenters. The molecule has 0 radical (unpaired) electrons. The third-order valence-electron chi connectivity index (χ3n) is 4.83. The van der Waals surface area contributed by atoms with E-state index in [1.807, 2.05) is 0 Å². The predicted molar refractivity (Wildman–Crippen MR) is 63.9 cm³/mol. The summed E-state index contributed by atoms with van der Waals surface area (Å²) in [5.74, 6) is 2.01. The van der Waals surface area contributed by atoms with Crippen molar-refractivity contribution in [2.45, 2.75) is 57.5 Å². The van der Waals surface area contributed by atoms with Gasteiger partial charge in [-0.15, -0.1) is 0 Å². The molecule has 0 spiro atoms. The Morgan fingerprint density at radius 1 is 1.31 bits per heavy atom. The Labute approximate surface area is 97.7 Å². The van der Waals surface area contributed by atoms with Crippen molar-refractivity contribution in [3.05, 3.63) is 12.3 Å². The van der Waals surface area contributed by atoms with Crippen LogP contribution >= 0.6 is 0 Å². The van der Waals surface area contributed by atoms with Gasteiger partial charge in [-0.25, -0.2) is 0 Å². The maximum absolute atomic E-state index is 11.5. The quantitative estimate of drug-likeness (QED) is 0.624. The predicted octanol–water partition coefficient (Wildman–Crippen LogP) is 2.74. The van der Waals surface area contributed by atoms with E-state index in [1.165, 1.54) is 32.1 Å². The van der Waals surface area contributed by atoms with Gasteiger partial charge in [-0.05, 0) is 37.2 Å². The highest BCUT2D eigenvalue weighted by atomic mass is 16.1. The molecule has 3 aliphatic rings. The number of nitrogens with zero attached hydrogens (tertiary/aromatic N) is 1. The number of allylic oxidation sites excluding steroid dienone is 1. The first-order valence-electron chi connectivity index (χ1n) is 6.74. The number of carbonyl (C=O) groups is 1. The Morgan fingerprint density at radius 3 is 3.00 bits per heavy atom. The molecule has 1 saturated carbocycles. The summed E-state index contributed by atoms with van der Waals surface area (Å²) in [7, 11) is 0. The van der Waals surface area contributed by atoms with E-state index in [0.29, 0.717) is 11.8 Å². The molecule has 4 unspecified atom stereocenters. The fourth-order valence-corrected chi connectivity index (χ4v) is 4.06. The van der Waals surface area contributed by atoms with Crippen LogP contribution in [0.5, 0.6) is 0 Å². The zero-order valence-corrected chi connectivity index (χ0v) is 10.1. The van der Waals surface area contributed by atoms with Crippen LogP contribution in [0.1, 0.15) is 45.4 Å². The highest BCUT2D eigenvalue weighted by molar-refractivity contribution is 5.90. The molecule has 2 heterocycles. The van der Waals surface area contributed by atoms with E-state index in [1.54, 1.807) is 6.08 Å². The Hall–Kier alpha value is -0.790. The lowest BCUT2D eigenvalue weighted by molar-refractivity contribution is -0.118. The van der Waals surface area contributed by atoms with Crippen molar-refractivity contribution in [1.29, 1.82) is 0 Å². The second-order valence-corrected chi connectivity index (χ2v) is 5.82. The van der Waals surface area contributed by atoms with Crippen LogP contribution in [0.15, 0.2) is 12.3 Å². The van der Waals surface area contributed by atoms with E-state index < -0.39 is 0 Å². The molecule has 0 bridgehead atoms. The number of hydrogen-bond donors (Lipinski definition) is 0. The van der Waals surface area contributed by atoms with Crippen LogP contribution in [0.4, 0.5) is 0 Å². The van der Waals surface area contributed by atoms with Crippen LogP contribution in [0, 0.1) is 11.8 Å². The van der Waals surface area contributed by atoms with Crippen molar-refractivity contribution in [1.82, 2.24) is 4.90 Å². The van der Waals surface area contributed by atoms with E-state index in [9.17, 15) is 4.79 Å². The van der Waals surface area contributed by atoms with Gasteiger partial charge in [0.15, 0.2) is 5.78 Å². The van der Waals surface area contributed by atoms with Gasteiger partial charge in [0, 0.05) is 24.7 Å². The molecular formula is C14H21NO. The molecule has 1 aliphatic carbocycles. The third-order valence-corrected chi connectivity index (χ3v) is 4.83. The lowest BCUT2D eigenvalue weighted by Crippen LogP contribution is -2.54. The highest BCUT2D eigenvalue weighted by Crippen LogP contribution is 2.42. The smallest absolute Gasteiger partial charge is 0.159 e. The molecular weight excluding hydrogens is 198 g/mol. The van der Waals surface area contributed by atoms with Crippen molar-refractivity contribution in [3.63, 3.8) is 0 Å². The standard InChI is InChI=1S/C14H21NO/c1-10-8-11-9-12(16)6-7-15(11)14-5-3-2-4-13(10)14/h6-7,10-11,13-14H,2-5,8-9H2,1H3. The summed E-state index contributed by atoms with van der Waals surface area (Å²) in [5.41, 5.74) is 0. The van der Waals surface area contributed by atoms with Crippen molar-refractivity contribution < 1.29 is 4.79 Å². The van der Waals surface area contributed by atoms with Gasteiger partial charge in [0.25, 0.3) is 0 Å². The molecule has 2 nitrogen and oxygen atoms in total. The molecule has 0 N–H and O–H groups in total. The number of hydrogen-bond acceptors (Lipinski definition) is 2. The van der Waals surface area contributed by atoms with Gasteiger partial charge in [-0.1, -0.05) is 19.8 Å². The summed E-state index contributed by atoms with van der Waals surface area (Å²) >= 11 is 0. The summed E-state index contributed by atoms with van der Waals surface area (Å²) in [6, 6.07) is 1.23. The molecule has 0 amide bonds. The van der Waals surface area contributed by atoms with Crippen LogP contribution in [-0.4, -0.2) is 22.8 Å². The first-order chi connectivity index (χ1) is 7.75. The number of carbonyl (C=O) groups excluding carboxylic acids is 1. The summed E-state index contributed by atoms with van der Waals surface area (Å²) in [5, 5.41) is 0. The van der Waals surface area contributed by atoms with E-state index in [4.69, 9.17) is 0 Å². The molecule has 2 fully saturated rings. The maximum atomic E-state index is 11.5. The maximum Gasteiger partial charge on any atom is 0.159 e. The van der Waals surface area contributed by atoms with Gasteiger partial charge in [0.05, 0.1) is 0 Å². The summed E-state index contributed by atoms with van der Waals surface area (Å²) in [6.07, 6.45) is 11.4. The average molecular weight is 219 g/mol. The first-order valence-corrected chi connectivity index (χ1v) is 6.74. The fraction of sp³-hybridized carbons (Fsp3) is 0.786. The second-order valence-electron chi connectivity index (χ2n) is 5.82. The summed E-state index contributed by atoms with van der Waals surface area (Å²) in [6.45, 7) is 2.39. The normalized spacial score (nSPS) is 42.8. The van der Waals surface area contributed by atoms with Crippen molar-refractivity contribution in [3.8, 4) is 0 Å². The molecule has 0 aromatic carbocycles. The summed E-state index contributed by atoms with van der Waals surface area (Å²) < 4.78 is 0. The first kappa shape index (κ1) is 10.4. The van der Waals surface area contributed by atoms with Crippen molar-refractivity contribution >= 4 is 5.78 Å². The van der Waals surface area contributed by atoms with Crippen LogP contribution in [0.2, 0.25) is 0 Å². The number of rotatable bonds is 0. The molecule has 3 rings (SSSR count). The van der Waals surface area contributed by atoms with Crippen LogP contribution in [0.25, 0.3) is 0 Å². The van der Waals surface area contributed by atoms with Crippen LogP contribution < -0.4 is 0 Å². The minimum atomic E-state index is 0.322. The Morgan fingerprint density at radius 2 is 2.12 bits per heavy atom. The van der Waals surface area contributed by atoms with E-state index in [2.05, 4.69) is 18.0 Å². The summed E-state index contributed by atoms with van der Waals surface area (Å²) in [4.78, 5) is 14.0. The lowest BCUT2D eigenvalue weighted by atomic mass is 9.69. The number of fused-ring (bicyclic) bond motifs is 3. The van der Waals surface area contributed by atoms with Crippen molar-refractivity contribution in [2.75, 3.05) is 0 Å². The van der Waals surface area contributed by atoms with Gasteiger partial charge in [-0.2, -0.15) is 0 Å². The zero-order chi connectivity index (χ0) is 11.1. The Balaban J connectivity index is 1.86. The molecule has 2 heteroatoms. The third kappa shape index (κ3) is 1.59. The van der Waals surface area contributed by atoms with Crippen LogP contribution in [-0.2, 0) is 4.79 Å².